The van der Waals surface area contributed by atoms with E-state index in [1.54, 1.807) is 42.5 Å². The van der Waals surface area contributed by atoms with Gasteiger partial charge in [-0.25, -0.2) is 13.1 Å². The topological polar surface area (TPSA) is 128 Å². The molecule has 194 valence electrons. The smallest absolute Gasteiger partial charge is 0.240 e. The number of aliphatic hydroxyl groups is 2. The van der Waals surface area contributed by atoms with Gasteiger partial charge in [-0.05, 0) is 73.3 Å². The van der Waals surface area contributed by atoms with Gasteiger partial charge in [0, 0.05) is 18.7 Å². The van der Waals surface area contributed by atoms with Crippen LogP contribution in [-0.4, -0.2) is 50.0 Å². The third-order valence-corrected chi connectivity index (χ3v) is 7.17. The van der Waals surface area contributed by atoms with Crippen molar-refractivity contribution >= 4 is 10.0 Å². The summed E-state index contributed by atoms with van der Waals surface area (Å²) in [6.45, 7) is 1.62. The Labute approximate surface area is 212 Å². The van der Waals surface area contributed by atoms with Crippen molar-refractivity contribution in [2.75, 3.05) is 26.2 Å². The number of unbranched alkanes of at least 4 members (excludes halogenated alkanes) is 1. The van der Waals surface area contributed by atoms with Crippen molar-refractivity contribution in [3.05, 3.63) is 89.5 Å². The van der Waals surface area contributed by atoms with E-state index in [2.05, 4.69) is 10.0 Å². The number of hydrogen-bond acceptors (Lipinski definition) is 7. The van der Waals surface area contributed by atoms with E-state index in [-0.39, 0.29) is 17.3 Å². The van der Waals surface area contributed by atoms with Crippen molar-refractivity contribution in [2.45, 2.75) is 36.9 Å². The highest BCUT2D eigenvalue weighted by Crippen LogP contribution is 2.22. The molecule has 0 bridgehead atoms. The van der Waals surface area contributed by atoms with Gasteiger partial charge < -0.3 is 25.4 Å². The Morgan fingerprint density at radius 1 is 0.917 bits per heavy atom. The zero-order valence-corrected chi connectivity index (χ0v) is 21.0. The van der Waals surface area contributed by atoms with Gasteiger partial charge in [0.25, 0.3) is 0 Å². The molecule has 0 amide bonds. The highest BCUT2D eigenvalue weighted by atomic mass is 32.2. The average molecular weight is 515 g/mol. The van der Waals surface area contributed by atoms with Crippen molar-refractivity contribution < 1.29 is 28.5 Å². The molecule has 0 saturated carbocycles. The Morgan fingerprint density at radius 3 is 2.39 bits per heavy atom. The molecular formula is C27H34N2O6S. The summed E-state index contributed by atoms with van der Waals surface area (Å²) in [5.74, 6) is 0.777. The maximum Gasteiger partial charge on any atom is 0.240 e. The lowest BCUT2D eigenvalue weighted by atomic mass is 10.1. The van der Waals surface area contributed by atoms with Gasteiger partial charge in [0.1, 0.15) is 11.5 Å². The first kappa shape index (κ1) is 27.6. The van der Waals surface area contributed by atoms with Crippen molar-refractivity contribution in [1.82, 2.24) is 10.0 Å². The molecule has 0 saturated heterocycles. The highest BCUT2D eigenvalue weighted by molar-refractivity contribution is 7.89. The second-order valence-corrected chi connectivity index (χ2v) is 10.2. The molecule has 3 aromatic rings. The zero-order chi connectivity index (χ0) is 25.8. The molecule has 0 aliphatic rings. The van der Waals surface area contributed by atoms with Crippen molar-refractivity contribution in [1.29, 1.82) is 0 Å². The second kappa shape index (κ2) is 14.0. The molecule has 0 aliphatic heterocycles. The quantitative estimate of drug-likeness (QED) is 0.197. The van der Waals surface area contributed by atoms with Crippen LogP contribution in [0.5, 0.6) is 11.5 Å². The molecule has 0 spiro atoms. The maximum atomic E-state index is 12.2. The molecule has 0 fully saturated rings. The van der Waals surface area contributed by atoms with Gasteiger partial charge in [0.2, 0.25) is 10.0 Å². The normalized spacial score (nSPS) is 12.4. The summed E-state index contributed by atoms with van der Waals surface area (Å²) in [6.07, 6.45) is 1.45. The highest BCUT2D eigenvalue weighted by Gasteiger charge is 2.12. The van der Waals surface area contributed by atoms with Gasteiger partial charge in [-0.15, -0.1) is 0 Å². The molecule has 36 heavy (non-hydrogen) atoms. The summed E-state index contributed by atoms with van der Waals surface area (Å²) in [5, 5.41) is 32.4. The summed E-state index contributed by atoms with van der Waals surface area (Å²) in [5.41, 5.74) is 2.16. The lowest BCUT2D eigenvalue weighted by Gasteiger charge is -2.14. The van der Waals surface area contributed by atoms with Crippen molar-refractivity contribution in [2.24, 2.45) is 0 Å². The monoisotopic (exact) mass is 514 g/mol. The van der Waals surface area contributed by atoms with Crippen molar-refractivity contribution in [3.8, 4) is 11.5 Å². The van der Waals surface area contributed by atoms with Gasteiger partial charge in [0.15, 0.2) is 0 Å². The molecule has 0 aliphatic carbocycles. The number of nitrogens with one attached hydrogen (secondary N) is 2. The van der Waals surface area contributed by atoms with Gasteiger partial charge in [-0.3, -0.25) is 0 Å². The largest absolute Gasteiger partial charge is 0.508 e. The fraction of sp³-hybridized carbons (Fsp3) is 0.333. The van der Waals surface area contributed by atoms with Crippen LogP contribution in [0.15, 0.2) is 77.7 Å². The van der Waals surface area contributed by atoms with E-state index in [0.717, 1.165) is 24.2 Å². The lowest BCUT2D eigenvalue weighted by Crippen LogP contribution is -2.25. The van der Waals surface area contributed by atoms with Crippen LogP contribution in [-0.2, 0) is 23.1 Å². The first-order chi connectivity index (χ1) is 17.4. The van der Waals surface area contributed by atoms with Crippen LogP contribution in [0, 0.1) is 0 Å². The predicted octanol–water partition coefficient (Wildman–Crippen LogP) is 2.89. The summed E-state index contributed by atoms with van der Waals surface area (Å²) in [4.78, 5) is 0.265. The van der Waals surface area contributed by atoms with E-state index in [0.29, 0.717) is 43.8 Å². The van der Waals surface area contributed by atoms with Crippen LogP contribution in [0.25, 0.3) is 0 Å². The molecule has 0 unspecified atom stereocenters. The number of ether oxygens (including phenoxy) is 1. The van der Waals surface area contributed by atoms with Crippen LogP contribution in [0.3, 0.4) is 0 Å². The number of benzene rings is 3. The molecule has 8 nitrogen and oxygen atoms in total. The van der Waals surface area contributed by atoms with E-state index in [4.69, 9.17) is 4.74 Å². The number of aromatic hydroxyl groups is 1. The van der Waals surface area contributed by atoms with Gasteiger partial charge in [-0.2, -0.15) is 0 Å². The van der Waals surface area contributed by atoms with Gasteiger partial charge >= 0.3 is 0 Å². The Balaban J connectivity index is 1.29. The number of aliphatic hydroxyl groups excluding tert-OH is 2. The number of sulfonamides is 1. The molecule has 0 heterocycles. The summed E-state index contributed by atoms with van der Waals surface area (Å²) in [7, 11) is -3.47. The van der Waals surface area contributed by atoms with Crippen LogP contribution in [0.4, 0.5) is 0 Å². The van der Waals surface area contributed by atoms with E-state index in [1.165, 1.54) is 6.07 Å². The Kier molecular flexibility index (Phi) is 10.7. The fourth-order valence-electron chi connectivity index (χ4n) is 3.59. The molecule has 3 rings (SSSR count). The average Bonchev–Trinajstić information content (AvgIpc) is 2.90. The van der Waals surface area contributed by atoms with Crippen LogP contribution in [0.1, 0.15) is 35.6 Å². The molecule has 5 N–H and O–H groups in total. The molecular weight excluding hydrogens is 480 g/mol. The minimum atomic E-state index is -3.47. The lowest BCUT2D eigenvalue weighted by molar-refractivity contribution is 0.174. The maximum absolute atomic E-state index is 12.2. The van der Waals surface area contributed by atoms with Gasteiger partial charge in [-0.1, -0.05) is 36.4 Å². The first-order valence-electron chi connectivity index (χ1n) is 12.0. The third-order valence-electron chi connectivity index (χ3n) is 5.70. The van der Waals surface area contributed by atoms with E-state index in [9.17, 15) is 23.7 Å². The number of phenols is 1. The summed E-state index contributed by atoms with van der Waals surface area (Å²) >= 11 is 0. The Hall–Kier alpha value is -2.95. The molecule has 1 atom stereocenters. The minimum absolute atomic E-state index is 0.0140. The molecule has 0 radical (unpaired) electrons. The van der Waals surface area contributed by atoms with Crippen molar-refractivity contribution in [3.63, 3.8) is 0 Å². The van der Waals surface area contributed by atoms with E-state index in [1.807, 2.05) is 24.3 Å². The molecule has 3 aromatic carbocycles. The SMILES string of the molecule is O=S(=O)(NCCCCOc1ccc(CCNC[C@H](O)c2ccc(O)c(CO)c2)cc1)c1ccccc1. The standard InChI is InChI=1S/C27H34N2O6S/c30-20-23-18-22(10-13-26(23)31)27(32)19-28-16-14-21-8-11-24(12-9-21)35-17-5-4-15-29-36(33,34)25-6-2-1-3-7-25/h1-3,6-13,18,27-32H,4-5,14-17,19-20H2/t27-/m0/s1. The van der Waals surface area contributed by atoms with E-state index < -0.39 is 16.1 Å². The third kappa shape index (κ3) is 8.61. The second-order valence-electron chi connectivity index (χ2n) is 8.43. The van der Waals surface area contributed by atoms with Gasteiger partial charge in [0.05, 0.1) is 24.2 Å². The summed E-state index contributed by atoms with van der Waals surface area (Å²) in [6, 6.07) is 20.8. The molecule has 0 aromatic heterocycles. The Bertz CT molecular complexity index is 1170. The zero-order valence-electron chi connectivity index (χ0n) is 20.1. The number of rotatable bonds is 15. The number of hydrogen-bond donors (Lipinski definition) is 5. The molecule has 9 heteroatoms. The first-order valence-corrected chi connectivity index (χ1v) is 13.5. The van der Waals surface area contributed by atoms with E-state index >= 15 is 0 Å². The van der Waals surface area contributed by atoms with Crippen LogP contribution < -0.4 is 14.8 Å². The summed E-state index contributed by atoms with van der Waals surface area (Å²) < 4.78 is 32.7. The predicted molar refractivity (Wildman–Crippen MR) is 138 cm³/mol. The fourth-order valence-corrected chi connectivity index (χ4v) is 4.68. The van der Waals surface area contributed by atoms with Crippen LogP contribution in [0.2, 0.25) is 0 Å². The van der Waals surface area contributed by atoms with Crippen LogP contribution >= 0.6 is 0 Å². The minimum Gasteiger partial charge on any atom is -0.508 e. The Morgan fingerprint density at radius 2 is 1.67 bits per heavy atom.